The zero-order valence-electron chi connectivity index (χ0n) is 10.3. The number of carbonyl (C=O) groups excluding carboxylic acids is 1. The molecule has 106 valence electrons. The van der Waals surface area contributed by atoms with Crippen molar-refractivity contribution in [3.05, 3.63) is 47.0 Å². The molecule has 2 rings (SSSR count). The van der Waals surface area contributed by atoms with Gasteiger partial charge in [-0.3, -0.25) is 9.89 Å². The van der Waals surface area contributed by atoms with E-state index in [0.29, 0.717) is 11.6 Å². The van der Waals surface area contributed by atoms with Gasteiger partial charge in [0.2, 0.25) is 5.82 Å². The van der Waals surface area contributed by atoms with Crippen molar-refractivity contribution < 1.29 is 23.1 Å². The average Bonchev–Trinajstić information content (AvgIpc) is 2.92. The highest BCUT2D eigenvalue weighted by Gasteiger charge is 2.24. The fourth-order valence-corrected chi connectivity index (χ4v) is 1.66. The van der Waals surface area contributed by atoms with Gasteiger partial charge in [-0.15, -0.1) is 0 Å². The highest BCUT2D eigenvalue weighted by molar-refractivity contribution is 5.94. The molecule has 5 nitrogen and oxygen atoms in total. The number of benzene rings is 1. The van der Waals surface area contributed by atoms with E-state index in [1.807, 2.05) is 0 Å². The summed E-state index contributed by atoms with van der Waals surface area (Å²) in [5.74, 6) is -7.11. The van der Waals surface area contributed by atoms with Crippen LogP contribution >= 0.6 is 0 Å². The molecule has 8 heteroatoms. The molecule has 0 aliphatic heterocycles. The van der Waals surface area contributed by atoms with Gasteiger partial charge in [0.15, 0.2) is 17.4 Å². The van der Waals surface area contributed by atoms with Crippen molar-refractivity contribution >= 4 is 5.91 Å². The van der Waals surface area contributed by atoms with Gasteiger partial charge in [0.25, 0.3) is 5.91 Å². The normalized spacial score (nSPS) is 10.6. The van der Waals surface area contributed by atoms with Crippen molar-refractivity contribution in [1.82, 2.24) is 15.1 Å². The van der Waals surface area contributed by atoms with Crippen LogP contribution < -0.4 is 0 Å². The quantitative estimate of drug-likeness (QED) is 0.845. The van der Waals surface area contributed by atoms with Gasteiger partial charge >= 0.3 is 0 Å². The first kappa shape index (κ1) is 13.9. The Morgan fingerprint density at radius 2 is 2.10 bits per heavy atom. The van der Waals surface area contributed by atoms with Gasteiger partial charge in [0.05, 0.1) is 11.8 Å². The fraction of sp³-hybridized carbons (Fsp3) is 0.167. The lowest BCUT2D eigenvalue weighted by molar-refractivity contribution is 0.0778. The number of aromatic nitrogens is 2. The first-order chi connectivity index (χ1) is 9.41. The maximum absolute atomic E-state index is 13.6. The molecule has 1 amide bonds. The molecule has 0 bridgehead atoms. The smallest absolute Gasteiger partial charge is 0.257 e. The predicted molar refractivity (Wildman–Crippen MR) is 62.4 cm³/mol. The molecule has 2 N–H and O–H groups in total. The number of nitrogens with one attached hydrogen (secondary N) is 1. The van der Waals surface area contributed by atoms with Crippen LogP contribution in [0.3, 0.4) is 0 Å². The minimum atomic E-state index is -1.73. The molecule has 2 aromatic rings. The van der Waals surface area contributed by atoms with E-state index in [2.05, 4.69) is 10.2 Å². The average molecular weight is 285 g/mol. The lowest BCUT2D eigenvalue weighted by Crippen LogP contribution is -2.27. The van der Waals surface area contributed by atoms with Crippen LogP contribution in [-0.2, 0) is 6.54 Å². The number of nitrogens with zero attached hydrogens (tertiary/aromatic N) is 2. The summed E-state index contributed by atoms with van der Waals surface area (Å²) < 4.78 is 39.7. The summed E-state index contributed by atoms with van der Waals surface area (Å²) in [7, 11) is 1.35. The molecule has 20 heavy (non-hydrogen) atoms. The number of aromatic amines is 1. The van der Waals surface area contributed by atoms with E-state index in [4.69, 9.17) is 5.11 Å². The van der Waals surface area contributed by atoms with Crippen LogP contribution in [0.15, 0.2) is 18.5 Å². The topological polar surface area (TPSA) is 69.2 Å². The standard InChI is InChI=1S/C12H10F3N3O2/c1-18(5-6-3-16-17-4-6)12(20)7-2-8(13)10(15)11(19)9(7)14/h2-4,19H,5H2,1H3,(H,16,17). The van der Waals surface area contributed by atoms with Crippen LogP contribution in [0, 0.1) is 17.5 Å². The van der Waals surface area contributed by atoms with E-state index < -0.39 is 34.7 Å². The van der Waals surface area contributed by atoms with Crippen molar-refractivity contribution in [2.75, 3.05) is 7.05 Å². The lowest BCUT2D eigenvalue weighted by Gasteiger charge is -2.17. The Morgan fingerprint density at radius 1 is 1.40 bits per heavy atom. The number of hydrogen-bond acceptors (Lipinski definition) is 3. The second kappa shape index (κ2) is 5.24. The number of H-pyrrole nitrogens is 1. The molecule has 0 aliphatic rings. The molecule has 0 fully saturated rings. The SMILES string of the molecule is CN(Cc1cn[nH]c1)C(=O)c1cc(F)c(F)c(O)c1F. The van der Waals surface area contributed by atoms with Gasteiger partial charge < -0.3 is 10.0 Å². The summed E-state index contributed by atoms with van der Waals surface area (Å²) in [6.45, 7) is 0.0918. The molecule has 0 radical (unpaired) electrons. The largest absolute Gasteiger partial charge is 0.503 e. The first-order valence-corrected chi connectivity index (χ1v) is 5.51. The Morgan fingerprint density at radius 3 is 2.70 bits per heavy atom. The summed E-state index contributed by atoms with van der Waals surface area (Å²) in [6, 6.07) is 0.415. The minimum Gasteiger partial charge on any atom is -0.503 e. The number of amides is 1. The number of halogens is 3. The fourth-order valence-electron chi connectivity index (χ4n) is 1.66. The third kappa shape index (κ3) is 2.44. The van der Waals surface area contributed by atoms with Gasteiger partial charge in [-0.2, -0.15) is 9.49 Å². The van der Waals surface area contributed by atoms with E-state index in [-0.39, 0.29) is 6.54 Å². The van der Waals surface area contributed by atoms with Gasteiger partial charge in [-0.1, -0.05) is 0 Å². The Kier molecular flexibility index (Phi) is 3.64. The van der Waals surface area contributed by atoms with E-state index in [1.54, 1.807) is 0 Å². The summed E-state index contributed by atoms with van der Waals surface area (Å²) in [5, 5.41) is 15.3. The summed E-state index contributed by atoms with van der Waals surface area (Å²) in [4.78, 5) is 13.0. The van der Waals surface area contributed by atoms with Gasteiger partial charge in [-0.05, 0) is 6.07 Å². The van der Waals surface area contributed by atoms with E-state index in [1.165, 1.54) is 19.4 Å². The van der Waals surface area contributed by atoms with Crippen molar-refractivity contribution in [3.8, 4) is 5.75 Å². The number of aromatic hydroxyl groups is 1. The first-order valence-electron chi connectivity index (χ1n) is 5.51. The monoisotopic (exact) mass is 285 g/mol. The molecule has 1 aromatic heterocycles. The molecule has 0 spiro atoms. The molecular formula is C12H10F3N3O2. The third-order valence-electron chi connectivity index (χ3n) is 2.68. The van der Waals surface area contributed by atoms with Crippen LogP contribution in [0.1, 0.15) is 15.9 Å². The van der Waals surface area contributed by atoms with Gasteiger partial charge in [-0.25, -0.2) is 8.78 Å². The molecular weight excluding hydrogens is 275 g/mol. The number of rotatable bonds is 3. The second-order valence-corrected chi connectivity index (χ2v) is 4.15. The Hall–Kier alpha value is -2.51. The van der Waals surface area contributed by atoms with Crippen LogP contribution in [0.4, 0.5) is 13.2 Å². The van der Waals surface area contributed by atoms with E-state index in [0.717, 1.165) is 4.90 Å². The van der Waals surface area contributed by atoms with Crippen molar-refractivity contribution in [3.63, 3.8) is 0 Å². The van der Waals surface area contributed by atoms with Gasteiger partial charge in [0, 0.05) is 25.4 Å². The lowest BCUT2D eigenvalue weighted by atomic mass is 10.1. The second-order valence-electron chi connectivity index (χ2n) is 4.15. The highest BCUT2D eigenvalue weighted by atomic mass is 19.2. The molecule has 0 saturated heterocycles. The van der Waals surface area contributed by atoms with Crippen molar-refractivity contribution in [2.24, 2.45) is 0 Å². The Balaban J connectivity index is 2.29. The summed E-state index contributed by atoms with van der Waals surface area (Å²) in [6.07, 6.45) is 2.99. The molecule has 0 unspecified atom stereocenters. The van der Waals surface area contributed by atoms with Gasteiger partial charge in [0.1, 0.15) is 0 Å². The van der Waals surface area contributed by atoms with Crippen LogP contribution in [0.5, 0.6) is 5.75 Å². The molecule has 0 atom stereocenters. The molecule has 1 heterocycles. The highest BCUT2D eigenvalue weighted by Crippen LogP contribution is 2.26. The number of hydrogen-bond donors (Lipinski definition) is 2. The number of carbonyl (C=O) groups is 1. The van der Waals surface area contributed by atoms with E-state index >= 15 is 0 Å². The third-order valence-corrected chi connectivity index (χ3v) is 2.68. The summed E-state index contributed by atoms with van der Waals surface area (Å²) in [5.41, 5.74) is -0.0968. The Bertz CT molecular complexity index is 644. The van der Waals surface area contributed by atoms with Crippen LogP contribution in [0.2, 0.25) is 0 Å². The zero-order valence-corrected chi connectivity index (χ0v) is 10.3. The van der Waals surface area contributed by atoms with Crippen molar-refractivity contribution in [2.45, 2.75) is 6.54 Å². The molecule has 0 saturated carbocycles. The minimum absolute atomic E-state index is 0.0918. The maximum Gasteiger partial charge on any atom is 0.257 e. The Labute approximate surface area is 111 Å². The van der Waals surface area contributed by atoms with Crippen molar-refractivity contribution in [1.29, 1.82) is 0 Å². The van der Waals surface area contributed by atoms with E-state index in [9.17, 15) is 18.0 Å². The predicted octanol–water partition coefficient (Wildman–Crippen LogP) is 1.80. The summed E-state index contributed by atoms with van der Waals surface area (Å²) >= 11 is 0. The zero-order chi connectivity index (χ0) is 14.9. The van der Waals surface area contributed by atoms with Crippen LogP contribution in [0.25, 0.3) is 0 Å². The maximum atomic E-state index is 13.6. The molecule has 0 aliphatic carbocycles. The number of phenolic OH excluding ortho intramolecular Hbond substituents is 1. The number of phenols is 1. The van der Waals surface area contributed by atoms with Crippen LogP contribution in [-0.4, -0.2) is 33.2 Å². The molecule has 1 aromatic carbocycles.